The standard InChI is InChI=1S/C14H19ClN2O2/c1-3-5-6-19-12-8-11-9(7-10(12)15)13(16-4-2)14(18)17-11/h7-8,13,16H,3-6H2,1-2H3,(H,17,18). The molecule has 1 heterocycles. The van der Waals surface area contributed by atoms with Crippen molar-refractivity contribution in [1.29, 1.82) is 0 Å². The summed E-state index contributed by atoms with van der Waals surface area (Å²) >= 11 is 6.21. The molecule has 2 rings (SSSR count). The monoisotopic (exact) mass is 282 g/mol. The second kappa shape index (κ2) is 6.26. The quantitative estimate of drug-likeness (QED) is 0.788. The zero-order chi connectivity index (χ0) is 13.8. The van der Waals surface area contributed by atoms with Crippen LogP contribution in [-0.4, -0.2) is 19.1 Å². The fourth-order valence-electron chi connectivity index (χ4n) is 2.11. The van der Waals surface area contributed by atoms with Crippen LogP contribution in [0, 0.1) is 0 Å². The molecule has 5 heteroatoms. The molecule has 1 aromatic rings. The van der Waals surface area contributed by atoms with Gasteiger partial charge in [0.15, 0.2) is 0 Å². The molecule has 0 saturated carbocycles. The lowest BCUT2D eigenvalue weighted by Crippen LogP contribution is -2.27. The van der Waals surface area contributed by atoms with Gasteiger partial charge >= 0.3 is 0 Å². The highest BCUT2D eigenvalue weighted by Crippen LogP contribution is 2.38. The zero-order valence-corrected chi connectivity index (χ0v) is 12.0. The molecule has 0 bridgehead atoms. The molecule has 1 aliphatic heterocycles. The summed E-state index contributed by atoms with van der Waals surface area (Å²) in [5, 5.41) is 6.54. The van der Waals surface area contributed by atoms with Crippen LogP contribution < -0.4 is 15.4 Å². The highest BCUT2D eigenvalue weighted by Gasteiger charge is 2.30. The first kappa shape index (κ1) is 14.2. The molecule has 1 unspecified atom stereocenters. The van der Waals surface area contributed by atoms with Crippen molar-refractivity contribution in [3.63, 3.8) is 0 Å². The molecular formula is C14H19ClN2O2. The largest absolute Gasteiger partial charge is 0.492 e. The third kappa shape index (κ3) is 3.01. The van der Waals surface area contributed by atoms with Gasteiger partial charge in [-0.2, -0.15) is 0 Å². The third-order valence-electron chi connectivity index (χ3n) is 3.10. The summed E-state index contributed by atoms with van der Waals surface area (Å²) in [6, 6.07) is 3.30. The number of halogens is 1. The van der Waals surface area contributed by atoms with Gasteiger partial charge in [0.25, 0.3) is 0 Å². The van der Waals surface area contributed by atoms with E-state index in [9.17, 15) is 4.79 Å². The maximum Gasteiger partial charge on any atom is 0.246 e. The Labute approximate surface area is 118 Å². The number of hydrogen-bond donors (Lipinski definition) is 2. The topological polar surface area (TPSA) is 50.4 Å². The van der Waals surface area contributed by atoms with E-state index in [1.165, 1.54) is 0 Å². The van der Waals surface area contributed by atoms with Crippen molar-refractivity contribution in [2.24, 2.45) is 0 Å². The molecule has 0 aromatic heterocycles. The second-order valence-corrected chi connectivity index (χ2v) is 4.96. The summed E-state index contributed by atoms with van der Waals surface area (Å²) in [5.41, 5.74) is 1.67. The Morgan fingerprint density at radius 2 is 2.21 bits per heavy atom. The number of likely N-dealkylation sites (N-methyl/N-ethyl adjacent to an activating group) is 1. The SMILES string of the molecule is CCCCOc1cc2c(cc1Cl)C(NCC)C(=O)N2. The smallest absolute Gasteiger partial charge is 0.246 e. The van der Waals surface area contributed by atoms with Gasteiger partial charge in [0, 0.05) is 17.3 Å². The number of benzene rings is 1. The lowest BCUT2D eigenvalue weighted by atomic mass is 10.1. The maximum atomic E-state index is 11.8. The van der Waals surface area contributed by atoms with Gasteiger partial charge in [-0.05, 0) is 19.0 Å². The predicted octanol–water partition coefficient (Wildman–Crippen LogP) is 3.12. The van der Waals surface area contributed by atoms with Crippen molar-refractivity contribution >= 4 is 23.2 Å². The Morgan fingerprint density at radius 1 is 1.42 bits per heavy atom. The summed E-state index contributed by atoms with van der Waals surface area (Å²) in [5.74, 6) is 0.588. The summed E-state index contributed by atoms with van der Waals surface area (Å²) in [7, 11) is 0. The zero-order valence-electron chi connectivity index (χ0n) is 11.3. The fraction of sp³-hybridized carbons (Fsp3) is 0.500. The van der Waals surface area contributed by atoms with Crippen LogP contribution in [0.1, 0.15) is 38.3 Å². The normalized spacial score (nSPS) is 17.2. The number of amides is 1. The molecule has 1 amide bonds. The van der Waals surface area contributed by atoms with Gasteiger partial charge in [0.2, 0.25) is 5.91 Å². The third-order valence-corrected chi connectivity index (χ3v) is 3.39. The van der Waals surface area contributed by atoms with E-state index < -0.39 is 0 Å². The van der Waals surface area contributed by atoms with Crippen molar-refractivity contribution in [3.8, 4) is 5.75 Å². The minimum atomic E-state index is -0.317. The molecule has 104 valence electrons. The van der Waals surface area contributed by atoms with Crippen LogP contribution in [0.2, 0.25) is 5.02 Å². The minimum Gasteiger partial charge on any atom is -0.492 e. The highest BCUT2D eigenvalue weighted by atomic mass is 35.5. The van der Waals surface area contributed by atoms with E-state index in [0.29, 0.717) is 17.4 Å². The van der Waals surface area contributed by atoms with E-state index in [0.717, 1.165) is 30.6 Å². The van der Waals surface area contributed by atoms with Crippen molar-refractivity contribution < 1.29 is 9.53 Å². The Hall–Kier alpha value is -1.26. The fourth-order valence-corrected chi connectivity index (χ4v) is 2.33. The van der Waals surface area contributed by atoms with Crippen LogP contribution in [0.15, 0.2) is 12.1 Å². The lowest BCUT2D eigenvalue weighted by Gasteiger charge is -2.12. The molecule has 0 radical (unpaired) electrons. The predicted molar refractivity (Wildman–Crippen MR) is 76.9 cm³/mol. The minimum absolute atomic E-state index is 0.0429. The number of carbonyl (C=O) groups is 1. The molecule has 0 aliphatic carbocycles. The van der Waals surface area contributed by atoms with Crippen LogP contribution in [0.5, 0.6) is 5.75 Å². The number of fused-ring (bicyclic) bond motifs is 1. The van der Waals surface area contributed by atoms with Gasteiger partial charge in [-0.1, -0.05) is 31.9 Å². The molecule has 2 N–H and O–H groups in total. The molecule has 0 saturated heterocycles. The highest BCUT2D eigenvalue weighted by molar-refractivity contribution is 6.32. The van der Waals surface area contributed by atoms with Gasteiger partial charge in [0.1, 0.15) is 11.8 Å². The van der Waals surface area contributed by atoms with E-state index >= 15 is 0 Å². The maximum absolute atomic E-state index is 11.8. The lowest BCUT2D eigenvalue weighted by molar-refractivity contribution is -0.117. The first-order chi connectivity index (χ1) is 9.17. The molecule has 19 heavy (non-hydrogen) atoms. The first-order valence-corrected chi connectivity index (χ1v) is 7.05. The van der Waals surface area contributed by atoms with Gasteiger partial charge in [-0.3, -0.25) is 4.79 Å². The van der Waals surface area contributed by atoms with Crippen LogP contribution in [0.25, 0.3) is 0 Å². The number of carbonyl (C=O) groups excluding carboxylic acids is 1. The van der Waals surface area contributed by atoms with Crippen molar-refractivity contribution in [2.45, 2.75) is 32.7 Å². The summed E-state index contributed by atoms with van der Waals surface area (Å²) in [4.78, 5) is 11.8. The molecular weight excluding hydrogens is 264 g/mol. The van der Waals surface area contributed by atoms with E-state index in [1.54, 1.807) is 0 Å². The van der Waals surface area contributed by atoms with E-state index in [1.807, 2.05) is 19.1 Å². The summed E-state index contributed by atoms with van der Waals surface area (Å²) in [6.45, 7) is 5.44. The van der Waals surface area contributed by atoms with E-state index in [-0.39, 0.29) is 11.9 Å². The average Bonchev–Trinajstić information content (AvgIpc) is 2.67. The van der Waals surface area contributed by atoms with Crippen LogP contribution in [0.3, 0.4) is 0 Å². The van der Waals surface area contributed by atoms with Gasteiger partial charge in [0.05, 0.1) is 11.6 Å². The molecule has 0 fully saturated rings. The summed E-state index contributed by atoms with van der Waals surface area (Å²) < 4.78 is 5.63. The molecule has 4 nitrogen and oxygen atoms in total. The van der Waals surface area contributed by atoms with Crippen molar-refractivity contribution in [3.05, 3.63) is 22.7 Å². The van der Waals surface area contributed by atoms with Gasteiger partial charge in [-0.25, -0.2) is 0 Å². The number of anilines is 1. The van der Waals surface area contributed by atoms with Crippen molar-refractivity contribution in [1.82, 2.24) is 5.32 Å². The van der Waals surface area contributed by atoms with Gasteiger partial charge < -0.3 is 15.4 Å². The van der Waals surface area contributed by atoms with E-state index in [4.69, 9.17) is 16.3 Å². The molecule has 0 spiro atoms. The van der Waals surface area contributed by atoms with Crippen LogP contribution in [0.4, 0.5) is 5.69 Å². The Bertz CT molecular complexity index is 477. The average molecular weight is 283 g/mol. The van der Waals surface area contributed by atoms with Crippen molar-refractivity contribution in [2.75, 3.05) is 18.5 Å². The van der Waals surface area contributed by atoms with E-state index in [2.05, 4.69) is 17.6 Å². The Morgan fingerprint density at radius 3 is 2.89 bits per heavy atom. The van der Waals surface area contributed by atoms with Crippen LogP contribution >= 0.6 is 11.6 Å². The molecule has 1 aromatic carbocycles. The summed E-state index contributed by atoms with van der Waals surface area (Å²) in [6.07, 6.45) is 2.06. The Balaban J connectivity index is 2.20. The van der Waals surface area contributed by atoms with Crippen LogP contribution in [-0.2, 0) is 4.79 Å². The number of rotatable bonds is 6. The number of hydrogen-bond acceptors (Lipinski definition) is 3. The number of nitrogens with one attached hydrogen (secondary N) is 2. The first-order valence-electron chi connectivity index (χ1n) is 6.67. The molecule has 1 aliphatic rings. The Kier molecular flexibility index (Phi) is 4.66. The second-order valence-electron chi connectivity index (χ2n) is 4.55. The molecule has 1 atom stereocenters. The number of unbranched alkanes of at least 4 members (excludes halogenated alkanes) is 1. The van der Waals surface area contributed by atoms with Gasteiger partial charge in [-0.15, -0.1) is 0 Å². The number of ether oxygens (including phenoxy) is 1.